The van der Waals surface area contributed by atoms with Gasteiger partial charge >= 0.3 is 5.97 Å². The number of carbonyl (C=O) groups is 1. The second kappa shape index (κ2) is 4.23. The fourth-order valence-electron chi connectivity index (χ4n) is 2.59. The summed E-state index contributed by atoms with van der Waals surface area (Å²) in [5.41, 5.74) is 2.66. The second-order valence-electron chi connectivity index (χ2n) is 5.43. The molecule has 1 fully saturated rings. The molecule has 0 saturated heterocycles. The van der Waals surface area contributed by atoms with Gasteiger partial charge in [-0.1, -0.05) is 24.8 Å². The van der Waals surface area contributed by atoms with Gasteiger partial charge in [0.25, 0.3) is 0 Å². The molecule has 0 atom stereocenters. The van der Waals surface area contributed by atoms with Crippen LogP contribution in [-0.2, 0) is 4.79 Å². The summed E-state index contributed by atoms with van der Waals surface area (Å²) in [5.74, 6) is 0.107. The van der Waals surface area contributed by atoms with E-state index in [-0.39, 0.29) is 11.8 Å². The highest BCUT2D eigenvalue weighted by Gasteiger charge is 2.45. The fraction of sp³-hybridized carbons (Fsp3) is 0.333. The largest absolute Gasteiger partial charge is 0.481 e. The molecule has 0 unspecified atom stereocenters. The quantitative estimate of drug-likeness (QED) is 0.870. The van der Waals surface area contributed by atoms with Gasteiger partial charge < -0.3 is 10.4 Å². The zero-order chi connectivity index (χ0) is 13.5. The van der Waals surface area contributed by atoms with Crippen LogP contribution < -0.4 is 5.32 Å². The van der Waals surface area contributed by atoms with Crippen LogP contribution in [0.2, 0.25) is 0 Å². The minimum atomic E-state index is -0.729. The number of hydrogen-bond acceptors (Lipinski definition) is 3. The van der Waals surface area contributed by atoms with E-state index in [1.165, 1.54) is 0 Å². The molecule has 0 aromatic heterocycles. The van der Waals surface area contributed by atoms with Gasteiger partial charge in [-0.15, -0.1) is 0 Å². The first-order chi connectivity index (χ1) is 9.08. The van der Waals surface area contributed by atoms with Crippen molar-refractivity contribution < 1.29 is 9.90 Å². The molecule has 0 spiro atoms. The highest BCUT2D eigenvalue weighted by atomic mass is 16.4. The summed E-state index contributed by atoms with van der Waals surface area (Å²) in [4.78, 5) is 15.5. The van der Waals surface area contributed by atoms with E-state index in [2.05, 4.69) is 16.9 Å². The summed E-state index contributed by atoms with van der Waals surface area (Å²) in [5, 5.41) is 12.2. The van der Waals surface area contributed by atoms with Crippen LogP contribution in [0.5, 0.6) is 0 Å². The first-order valence-corrected chi connectivity index (χ1v) is 6.43. The first-order valence-electron chi connectivity index (χ1n) is 6.43. The lowest BCUT2D eigenvalue weighted by Crippen LogP contribution is -2.28. The Kier molecular flexibility index (Phi) is 2.66. The Balaban J connectivity index is 1.82. The van der Waals surface area contributed by atoms with E-state index in [1.54, 1.807) is 0 Å². The van der Waals surface area contributed by atoms with E-state index in [9.17, 15) is 4.79 Å². The third kappa shape index (κ3) is 2.38. The van der Waals surface area contributed by atoms with Gasteiger partial charge in [0.1, 0.15) is 5.84 Å². The zero-order valence-corrected chi connectivity index (χ0v) is 10.6. The Labute approximate surface area is 111 Å². The third-order valence-electron chi connectivity index (χ3n) is 3.81. The number of hydrogen-bond donors (Lipinski definition) is 2. The van der Waals surface area contributed by atoms with Crippen LogP contribution in [0.4, 0.5) is 5.69 Å². The minimum absolute atomic E-state index is 0.0930. The second-order valence-corrected chi connectivity index (χ2v) is 5.43. The summed E-state index contributed by atoms with van der Waals surface area (Å²) >= 11 is 0. The Morgan fingerprint density at radius 3 is 2.84 bits per heavy atom. The van der Waals surface area contributed by atoms with Gasteiger partial charge in [-0.25, -0.2) is 4.99 Å². The predicted octanol–water partition coefficient (Wildman–Crippen LogP) is 2.94. The van der Waals surface area contributed by atoms with Crippen molar-refractivity contribution in [2.75, 3.05) is 0 Å². The molecule has 1 aromatic rings. The van der Waals surface area contributed by atoms with E-state index in [4.69, 9.17) is 5.11 Å². The van der Waals surface area contributed by atoms with Crippen LogP contribution in [0.15, 0.2) is 35.8 Å². The Bertz CT molecular complexity index is 586. The SMILES string of the molecule is C=C1NC(CC2(CC(=O)O)CC2)=Nc2ccccc21. The summed E-state index contributed by atoms with van der Waals surface area (Å²) in [6.07, 6.45) is 2.84. The van der Waals surface area contributed by atoms with Crippen LogP contribution >= 0.6 is 0 Å². The lowest BCUT2D eigenvalue weighted by Gasteiger charge is -2.22. The number of aliphatic imine (C=N–C) groups is 1. The molecule has 2 N–H and O–H groups in total. The smallest absolute Gasteiger partial charge is 0.303 e. The number of amidine groups is 1. The van der Waals surface area contributed by atoms with Gasteiger partial charge in [0.15, 0.2) is 0 Å². The van der Waals surface area contributed by atoms with E-state index in [1.807, 2.05) is 24.3 Å². The number of carboxylic acids is 1. The number of nitrogens with zero attached hydrogens (tertiary/aromatic N) is 1. The van der Waals surface area contributed by atoms with Gasteiger partial charge in [-0.3, -0.25) is 4.79 Å². The maximum Gasteiger partial charge on any atom is 0.303 e. The van der Waals surface area contributed by atoms with E-state index >= 15 is 0 Å². The molecule has 1 aliphatic heterocycles. The fourth-order valence-corrected chi connectivity index (χ4v) is 2.59. The molecule has 3 rings (SSSR count). The predicted molar refractivity (Wildman–Crippen MR) is 74.2 cm³/mol. The lowest BCUT2D eigenvalue weighted by molar-refractivity contribution is -0.138. The van der Waals surface area contributed by atoms with Crippen LogP contribution in [-0.4, -0.2) is 16.9 Å². The minimum Gasteiger partial charge on any atom is -0.481 e. The van der Waals surface area contributed by atoms with Crippen molar-refractivity contribution in [3.63, 3.8) is 0 Å². The number of para-hydroxylation sites is 1. The average Bonchev–Trinajstić information content (AvgIpc) is 3.07. The third-order valence-corrected chi connectivity index (χ3v) is 3.81. The molecule has 1 heterocycles. The van der Waals surface area contributed by atoms with Crippen molar-refractivity contribution in [1.82, 2.24) is 5.32 Å². The molecule has 1 aliphatic carbocycles. The number of aliphatic carboxylic acids is 1. The molecule has 2 aliphatic rings. The van der Waals surface area contributed by atoms with E-state index in [0.29, 0.717) is 6.42 Å². The number of rotatable bonds is 4. The molecule has 0 radical (unpaired) electrons. The molecular weight excluding hydrogens is 240 g/mol. The molecule has 1 aromatic carbocycles. The molecule has 4 heteroatoms. The first kappa shape index (κ1) is 12.0. The van der Waals surface area contributed by atoms with Crippen molar-refractivity contribution in [3.8, 4) is 0 Å². The number of nitrogens with one attached hydrogen (secondary N) is 1. The van der Waals surface area contributed by atoms with Gasteiger partial charge in [0.05, 0.1) is 12.1 Å². The number of benzene rings is 1. The van der Waals surface area contributed by atoms with Crippen molar-refractivity contribution in [2.24, 2.45) is 10.4 Å². The van der Waals surface area contributed by atoms with Crippen molar-refractivity contribution >= 4 is 23.2 Å². The van der Waals surface area contributed by atoms with Crippen molar-refractivity contribution in [3.05, 3.63) is 36.4 Å². The topological polar surface area (TPSA) is 61.7 Å². The summed E-state index contributed by atoms with van der Waals surface area (Å²) < 4.78 is 0. The molecule has 0 amide bonds. The maximum absolute atomic E-state index is 10.9. The monoisotopic (exact) mass is 256 g/mol. The van der Waals surface area contributed by atoms with Crippen LogP contribution in [0, 0.1) is 5.41 Å². The molecular formula is C15H16N2O2. The van der Waals surface area contributed by atoms with Crippen molar-refractivity contribution in [1.29, 1.82) is 0 Å². The van der Waals surface area contributed by atoms with Crippen LogP contribution in [0.1, 0.15) is 31.2 Å². The highest BCUT2D eigenvalue weighted by Crippen LogP contribution is 2.52. The normalized spacial score (nSPS) is 19.2. The molecule has 1 saturated carbocycles. The Morgan fingerprint density at radius 2 is 2.16 bits per heavy atom. The van der Waals surface area contributed by atoms with Crippen molar-refractivity contribution in [2.45, 2.75) is 25.7 Å². The molecule has 0 bridgehead atoms. The lowest BCUT2D eigenvalue weighted by atomic mass is 9.96. The summed E-state index contributed by atoms with van der Waals surface area (Å²) in [6.45, 7) is 4.01. The van der Waals surface area contributed by atoms with Gasteiger partial charge in [-0.2, -0.15) is 0 Å². The molecule has 4 nitrogen and oxygen atoms in total. The number of carboxylic acid groups (broad SMARTS) is 1. The summed E-state index contributed by atoms with van der Waals surface area (Å²) in [6, 6.07) is 7.84. The van der Waals surface area contributed by atoms with E-state index < -0.39 is 5.97 Å². The average molecular weight is 256 g/mol. The Hall–Kier alpha value is -2.10. The van der Waals surface area contributed by atoms with Crippen LogP contribution in [0.25, 0.3) is 5.70 Å². The molecule has 19 heavy (non-hydrogen) atoms. The highest BCUT2D eigenvalue weighted by molar-refractivity contribution is 5.98. The van der Waals surface area contributed by atoms with Gasteiger partial charge in [-0.05, 0) is 24.3 Å². The van der Waals surface area contributed by atoms with Gasteiger partial charge in [0, 0.05) is 17.7 Å². The standard InChI is InChI=1S/C15H16N2O2/c1-10-11-4-2-3-5-12(11)17-13(16-10)8-15(6-7-15)9-14(18)19/h2-5H,1,6-9H2,(H,16,17)(H,18,19). The zero-order valence-electron chi connectivity index (χ0n) is 10.6. The van der Waals surface area contributed by atoms with Gasteiger partial charge in [0.2, 0.25) is 0 Å². The number of fused-ring (bicyclic) bond motifs is 1. The van der Waals surface area contributed by atoms with E-state index in [0.717, 1.165) is 35.6 Å². The summed E-state index contributed by atoms with van der Waals surface area (Å²) in [7, 11) is 0. The Morgan fingerprint density at radius 1 is 1.42 bits per heavy atom. The van der Waals surface area contributed by atoms with Crippen LogP contribution in [0.3, 0.4) is 0 Å². The maximum atomic E-state index is 10.9. The molecule has 98 valence electrons.